The zero-order valence-corrected chi connectivity index (χ0v) is 9.74. The second-order valence-electron chi connectivity index (χ2n) is 4.73. The number of carbonyl (C=O) groups is 1. The summed E-state index contributed by atoms with van der Waals surface area (Å²) in [4.78, 5) is 12.9. The Labute approximate surface area is 92.5 Å². The summed E-state index contributed by atoms with van der Waals surface area (Å²) in [5.74, 6) is -0.122. The quantitative estimate of drug-likeness (QED) is 0.736. The van der Waals surface area contributed by atoms with E-state index in [2.05, 4.69) is 11.8 Å². The van der Waals surface area contributed by atoms with Gasteiger partial charge < -0.3 is 10.0 Å². The zero-order valence-electron chi connectivity index (χ0n) is 9.74. The first-order valence-corrected chi connectivity index (χ1v) is 6.12. The molecule has 1 rings (SSSR count). The van der Waals surface area contributed by atoms with E-state index in [4.69, 9.17) is 5.11 Å². The Bertz CT molecular complexity index is 188. The number of aliphatic carboxylic acids is 1. The van der Waals surface area contributed by atoms with Gasteiger partial charge in [-0.15, -0.1) is 0 Å². The van der Waals surface area contributed by atoms with Gasteiger partial charge in [0.25, 0.3) is 0 Å². The van der Waals surface area contributed by atoms with E-state index < -0.39 is 5.97 Å². The van der Waals surface area contributed by atoms with Crippen LogP contribution in [-0.2, 0) is 4.79 Å². The lowest BCUT2D eigenvalue weighted by Crippen LogP contribution is -2.31. The van der Waals surface area contributed by atoms with Crippen LogP contribution in [-0.4, -0.2) is 35.6 Å². The van der Waals surface area contributed by atoms with Crippen LogP contribution in [0.2, 0.25) is 0 Å². The van der Waals surface area contributed by atoms with Crippen molar-refractivity contribution >= 4 is 5.97 Å². The maximum Gasteiger partial charge on any atom is 0.303 e. The standard InChI is InChI=1S/C12H23NO2/c1-11(5-6-12(14)15)7-10-13-8-3-2-4-9-13/h11H,2-10H2,1H3,(H,14,15). The van der Waals surface area contributed by atoms with Gasteiger partial charge in [-0.3, -0.25) is 4.79 Å². The molecule has 15 heavy (non-hydrogen) atoms. The lowest BCUT2D eigenvalue weighted by molar-refractivity contribution is -0.137. The molecule has 1 heterocycles. The number of rotatable bonds is 6. The van der Waals surface area contributed by atoms with Crippen LogP contribution < -0.4 is 0 Å². The summed E-state index contributed by atoms with van der Waals surface area (Å²) >= 11 is 0. The van der Waals surface area contributed by atoms with E-state index in [9.17, 15) is 4.79 Å². The SMILES string of the molecule is CC(CCC(=O)O)CCN1CCCCC1. The third-order valence-electron chi connectivity index (χ3n) is 3.24. The molecule has 1 N–H and O–H groups in total. The lowest BCUT2D eigenvalue weighted by atomic mass is 10.0. The molecule has 0 aliphatic carbocycles. The monoisotopic (exact) mass is 213 g/mol. The molecule has 1 fully saturated rings. The van der Waals surface area contributed by atoms with Crippen molar-refractivity contribution in [2.24, 2.45) is 5.92 Å². The molecule has 1 atom stereocenters. The fraction of sp³-hybridized carbons (Fsp3) is 0.917. The van der Waals surface area contributed by atoms with E-state index in [0.29, 0.717) is 12.3 Å². The lowest BCUT2D eigenvalue weighted by Gasteiger charge is -2.27. The van der Waals surface area contributed by atoms with Crippen molar-refractivity contribution in [3.8, 4) is 0 Å². The molecule has 0 saturated carbocycles. The Hall–Kier alpha value is -0.570. The molecule has 0 radical (unpaired) electrons. The molecule has 1 aliphatic heterocycles. The third-order valence-corrected chi connectivity index (χ3v) is 3.24. The van der Waals surface area contributed by atoms with E-state index in [-0.39, 0.29) is 0 Å². The van der Waals surface area contributed by atoms with E-state index in [1.165, 1.54) is 32.4 Å². The normalized spacial score (nSPS) is 20.1. The minimum atomic E-state index is -0.667. The predicted octanol–water partition coefficient (Wildman–Crippen LogP) is 2.36. The molecule has 1 aliphatic rings. The Kier molecular flexibility index (Phi) is 5.69. The molecule has 0 aromatic carbocycles. The highest BCUT2D eigenvalue weighted by Crippen LogP contribution is 2.14. The van der Waals surface area contributed by atoms with Gasteiger partial charge in [-0.1, -0.05) is 13.3 Å². The van der Waals surface area contributed by atoms with Crippen molar-refractivity contribution < 1.29 is 9.90 Å². The van der Waals surface area contributed by atoms with E-state index >= 15 is 0 Å². The van der Waals surface area contributed by atoms with Crippen molar-refractivity contribution in [2.75, 3.05) is 19.6 Å². The first-order chi connectivity index (χ1) is 7.18. The molecule has 0 aromatic heterocycles. The number of nitrogens with zero attached hydrogens (tertiary/aromatic N) is 1. The molecular weight excluding hydrogens is 190 g/mol. The van der Waals surface area contributed by atoms with E-state index in [0.717, 1.165) is 19.4 Å². The van der Waals surface area contributed by atoms with Gasteiger partial charge in [0.1, 0.15) is 0 Å². The van der Waals surface area contributed by atoms with Crippen LogP contribution in [0.4, 0.5) is 0 Å². The van der Waals surface area contributed by atoms with Gasteiger partial charge in [0.2, 0.25) is 0 Å². The van der Waals surface area contributed by atoms with Crippen molar-refractivity contribution in [3.05, 3.63) is 0 Å². The molecular formula is C12H23NO2. The van der Waals surface area contributed by atoms with Crippen LogP contribution in [0.15, 0.2) is 0 Å². The number of hydrogen-bond donors (Lipinski definition) is 1. The molecule has 3 heteroatoms. The summed E-state index contributed by atoms with van der Waals surface area (Å²) in [6, 6.07) is 0. The minimum Gasteiger partial charge on any atom is -0.481 e. The van der Waals surface area contributed by atoms with Crippen LogP contribution >= 0.6 is 0 Å². The number of likely N-dealkylation sites (tertiary alicyclic amines) is 1. The number of hydrogen-bond acceptors (Lipinski definition) is 2. The Morgan fingerprint density at radius 1 is 1.27 bits per heavy atom. The van der Waals surface area contributed by atoms with E-state index in [1.807, 2.05) is 0 Å². The van der Waals surface area contributed by atoms with Gasteiger partial charge in [-0.05, 0) is 51.2 Å². The van der Waals surface area contributed by atoms with Gasteiger partial charge in [-0.25, -0.2) is 0 Å². The third kappa shape index (κ3) is 5.78. The first kappa shape index (κ1) is 12.5. The minimum absolute atomic E-state index is 0.321. The summed E-state index contributed by atoms with van der Waals surface area (Å²) in [6.45, 7) is 5.80. The van der Waals surface area contributed by atoms with Gasteiger partial charge in [0, 0.05) is 6.42 Å². The maximum absolute atomic E-state index is 10.4. The summed E-state index contributed by atoms with van der Waals surface area (Å²) in [5, 5.41) is 8.57. The Morgan fingerprint density at radius 2 is 1.93 bits per heavy atom. The predicted molar refractivity (Wildman–Crippen MR) is 60.9 cm³/mol. The highest BCUT2D eigenvalue weighted by molar-refractivity contribution is 5.66. The van der Waals surface area contributed by atoms with Crippen molar-refractivity contribution in [3.63, 3.8) is 0 Å². The highest BCUT2D eigenvalue weighted by Gasteiger charge is 2.11. The van der Waals surface area contributed by atoms with Gasteiger partial charge in [-0.2, -0.15) is 0 Å². The van der Waals surface area contributed by atoms with Crippen LogP contribution in [0.25, 0.3) is 0 Å². The van der Waals surface area contributed by atoms with Gasteiger partial charge in [0.05, 0.1) is 0 Å². The Balaban J connectivity index is 2.04. The van der Waals surface area contributed by atoms with Crippen LogP contribution in [0.3, 0.4) is 0 Å². The second kappa shape index (κ2) is 6.83. The summed E-state index contributed by atoms with van der Waals surface area (Å²) in [7, 11) is 0. The van der Waals surface area contributed by atoms with Crippen LogP contribution in [0, 0.1) is 5.92 Å². The zero-order chi connectivity index (χ0) is 11.1. The number of carboxylic acids is 1. The first-order valence-electron chi connectivity index (χ1n) is 6.12. The topological polar surface area (TPSA) is 40.5 Å². The molecule has 88 valence electrons. The summed E-state index contributed by atoms with van der Waals surface area (Å²) in [5.41, 5.74) is 0. The van der Waals surface area contributed by atoms with Crippen molar-refractivity contribution in [1.82, 2.24) is 4.90 Å². The second-order valence-corrected chi connectivity index (χ2v) is 4.73. The fourth-order valence-corrected chi connectivity index (χ4v) is 2.10. The van der Waals surface area contributed by atoms with Gasteiger partial charge >= 0.3 is 5.97 Å². The molecule has 1 saturated heterocycles. The van der Waals surface area contributed by atoms with E-state index in [1.54, 1.807) is 0 Å². The average molecular weight is 213 g/mol. The summed E-state index contributed by atoms with van der Waals surface area (Å²) in [6.07, 6.45) is 6.34. The molecule has 0 spiro atoms. The fourth-order valence-electron chi connectivity index (χ4n) is 2.10. The largest absolute Gasteiger partial charge is 0.481 e. The van der Waals surface area contributed by atoms with Gasteiger partial charge in [0.15, 0.2) is 0 Å². The van der Waals surface area contributed by atoms with Crippen molar-refractivity contribution in [1.29, 1.82) is 0 Å². The number of piperidine rings is 1. The molecule has 1 unspecified atom stereocenters. The average Bonchev–Trinajstić information content (AvgIpc) is 2.25. The molecule has 0 bridgehead atoms. The molecule has 3 nitrogen and oxygen atoms in total. The van der Waals surface area contributed by atoms with Crippen molar-refractivity contribution in [2.45, 2.75) is 45.4 Å². The molecule has 0 aromatic rings. The van der Waals surface area contributed by atoms with Crippen LogP contribution in [0.1, 0.15) is 45.4 Å². The maximum atomic E-state index is 10.4. The van der Waals surface area contributed by atoms with Crippen LogP contribution in [0.5, 0.6) is 0 Å². The highest BCUT2D eigenvalue weighted by atomic mass is 16.4. The number of carboxylic acid groups (broad SMARTS) is 1. The Morgan fingerprint density at radius 3 is 2.53 bits per heavy atom. The summed E-state index contributed by atoms with van der Waals surface area (Å²) < 4.78 is 0. The molecule has 0 amide bonds. The smallest absolute Gasteiger partial charge is 0.303 e.